The maximum Gasteiger partial charge on any atom is 0.472 e. The molecule has 0 aliphatic rings. The number of unbranched alkanes of at least 4 members (excludes halogenated alkanes) is 13. The van der Waals surface area contributed by atoms with Gasteiger partial charge >= 0.3 is 19.8 Å². The third-order valence-electron chi connectivity index (χ3n) is 5.94. The van der Waals surface area contributed by atoms with E-state index in [0.717, 1.165) is 77.0 Å². The second-order valence-electron chi connectivity index (χ2n) is 9.68. The summed E-state index contributed by atoms with van der Waals surface area (Å²) in [6.07, 6.45) is 20.1. The van der Waals surface area contributed by atoms with E-state index in [-0.39, 0.29) is 32.6 Å². The number of carbonyl (C=O) groups is 2. The average Bonchev–Trinajstić information content (AvgIpc) is 2.91. The summed E-state index contributed by atoms with van der Waals surface area (Å²) in [6.45, 7) is 6.85. The molecular formula is C29H54NO8P-2. The van der Waals surface area contributed by atoms with Crippen LogP contribution in [-0.2, 0) is 32.7 Å². The van der Waals surface area contributed by atoms with Gasteiger partial charge in [-0.05, 0) is 32.1 Å². The molecule has 0 fully saturated rings. The molecule has 3 N–H and O–H groups in total. The van der Waals surface area contributed by atoms with Crippen molar-refractivity contribution in [2.45, 2.75) is 122 Å². The molecule has 0 saturated carbocycles. The second-order valence-corrected chi connectivity index (χ2v) is 11.1. The first-order valence-electron chi connectivity index (χ1n) is 14.7. The van der Waals surface area contributed by atoms with E-state index >= 15 is 0 Å². The Morgan fingerprint density at radius 3 is 1.87 bits per heavy atom. The second kappa shape index (κ2) is 26.9. The molecule has 0 bridgehead atoms. The van der Waals surface area contributed by atoms with Crippen molar-refractivity contribution in [1.82, 2.24) is 0 Å². The molecule has 0 heterocycles. The van der Waals surface area contributed by atoms with Gasteiger partial charge in [0.1, 0.15) is 6.61 Å². The Bertz CT molecular complexity index is 674. The maximum absolute atomic E-state index is 12.4. The van der Waals surface area contributed by atoms with Gasteiger partial charge in [-0.25, -0.2) is 4.57 Å². The van der Waals surface area contributed by atoms with E-state index in [1.807, 2.05) is 0 Å². The summed E-state index contributed by atoms with van der Waals surface area (Å²) in [5.74, 6) is -0.876. The molecule has 0 aromatic carbocycles. The highest BCUT2D eigenvalue weighted by molar-refractivity contribution is 7.47. The number of carbonyl (C=O) groups excluding carboxylic acids is 2. The molecule has 2 atom stereocenters. The number of allylic oxidation sites excluding steroid dienone is 2. The lowest BCUT2D eigenvalue weighted by Gasteiger charge is -2.19. The van der Waals surface area contributed by atoms with Crippen molar-refractivity contribution >= 4 is 19.8 Å². The zero-order chi connectivity index (χ0) is 29.0. The van der Waals surface area contributed by atoms with Crippen LogP contribution in [0.3, 0.4) is 0 Å². The highest BCUT2D eigenvalue weighted by atomic mass is 31.2. The van der Waals surface area contributed by atoms with Gasteiger partial charge in [-0.15, -0.1) is 0 Å². The van der Waals surface area contributed by atoms with Crippen molar-refractivity contribution in [2.24, 2.45) is 5.73 Å². The van der Waals surface area contributed by atoms with E-state index in [1.54, 1.807) is 0 Å². The Balaban J connectivity index is 4.33. The quantitative estimate of drug-likeness (QED) is 0.0340. The Kier molecular flexibility index (Phi) is 26.1. The van der Waals surface area contributed by atoms with E-state index in [0.29, 0.717) is 12.8 Å². The molecule has 0 aromatic rings. The van der Waals surface area contributed by atoms with E-state index in [9.17, 15) is 19.0 Å². The number of nitrogens with two attached hydrogens (primary N) is 1. The van der Waals surface area contributed by atoms with Gasteiger partial charge in [-0.3, -0.25) is 18.6 Å². The fraction of sp³-hybridized carbons (Fsp3) is 0.793. The summed E-state index contributed by atoms with van der Waals surface area (Å²) in [5.41, 5.74) is 5.28. The molecule has 1 unspecified atom stereocenters. The van der Waals surface area contributed by atoms with Crippen LogP contribution in [0.1, 0.15) is 116 Å². The van der Waals surface area contributed by atoms with Crippen LogP contribution in [0.5, 0.6) is 0 Å². The molecule has 0 saturated heterocycles. The van der Waals surface area contributed by atoms with E-state index in [1.165, 1.54) is 12.8 Å². The lowest BCUT2D eigenvalue weighted by atomic mass is 10.1. The van der Waals surface area contributed by atoms with E-state index in [2.05, 4.69) is 26.0 Å². The van der Waals surface area contributed by atoms with Crippen molar-refractivity contribution in [3.05, 3.63) is 26.0 Å². The van der Waals surface area contributed by atoms with E-state index in [4.69, 9.17) is 24.3 Å². The van der Waals surface area contributed by atoms with Crippen LogP contribution in [0.4, 0.5) is 0 Å². The minimum Gasteiger partial charge on any atom is -0.462 e. The monoisotopic (exact) mass is 575 g/mol. The van der Waals surface area contributed by atoms with Gasteiger partial charge < -0.3 is 33.9 Å². The fourth-order valence-corrected chi connectivity index (χ4v) is 4.48. The molecule has 39 heavy (non-hydrogen) atoms. The lowest BCUT2D eigenvalue weighted by Crippen LogP contribution is -2.29. The first kappa shape index (κ1) is 37.8. The molecule has 0 spiro atoms. The van der Waals surface area contributed by atoms with Crippen LogP contribution in [0, 0.1) is 13.8 Å². The van der Waals surface area contributed by atoms with Crippen molar-refractivity contribution in [2.75, 3.05) is 26.4 Å². The van der Waals surface area contributed by atoms with Crippen LogP contribution in [-0.4, -0.2) is 49.3 Å². The third kappa shape index (κ3) is 26.7. The minimum absolute atomic E-state index is 0.0487. The van der Waals surface area contributed by atoms with Crippen LogP contribution in [0.25, 0.3) is 0 Å². The number of esters is 2. The topological polar surface area (TPSA) is 134 Å². The fourth-order valence-electron chi connectivity index (χ4n) is 3.71. The van der Waals surface area contributed by atoms with Crippen LogP contribution >= 0.6 is 7.82 Å². The lowest BCUT2D eigenvalue weighted by molar-refractivity contribution is -0.161. The molecular weight excluding hydrogens is 521 g/mol. The summed E-state index contributed by atoms with van der Waals surface area (Å²) < 4.78 is 32.2. The van der Waals surface area contributed by atoms with Gasteiger partial charge in [-0.1, -0.05) is 69.9 Å². The zero-order valence-corrected chi connectivity index (χ0v) is 24.9. The maximum atomic E-state index is 12.4. The Morgan fingerprint density at radius 1 is 0.744 bits per heavy atom. The predicted molar refractivity (Wildman–Crippen MR) is 155 cm³/mol. The van der Waals surface area contributed by atoms with Crippen molar-refractivity contribution in [3.63, 3.8) is 0 Å². The summed E-state index contributed by atoms with van der Waals surface area (Å²) >= 11 is 0. The minimum atomic E-state index is -4.36. The van der Waals surface area contributed by atoms with Crippen LogP contribution < -0.4 is 5.73 Å². The number of hydrogen-bond donors (Lipinski definition) is 2. The molecule has 0 aromatic heterocycles. The van der Waals surface area contributed by atoms with Crippen molar-refractivity contribution in [1.29, 1.82) is 0 Å². The van der Waals surface area contributed by atoms with Crippen molar-refractivity contribution in [3.8, 4) is 0 Å². The molecule has 0 aliphatic carbocycles. The molecule has 0 aliphatic heterocycles. The molecule has 10 heteroatoms. The first-order valence-corrected chi connectivity index (χ1v) is 16.2. The van der Waals surface area contributed by atoms with Gasteiger partial charge in [0.2, 0.25) is 0 Å². The smallest absolute Gasteiger partial charge is 0.462 e. The Hall–Kier alpha value is -1.25. The van der Waals surface area contributed by atoms with Gasteiger partial charge in [0.15, 0.2) is 6.10 Å². The van der Waals surface area contributed by atoms with Gasteiger partial charge in [0.25, 0.3) is 0 Å². The molecule has 0 amide bonds. The Morgan fingerprint density at radius 2 is 1.26 bits per heavy atom. The highest BCUT2D eigenvalue weighted by Crippen LogP contribution is 2.43. The largest absolute Gasteiger partial charge is 0.472 e. The Labute approximate surface area is 237 Å². The summed E-state index contributed by atoms with van der Waals surface area (Å²) in [5, 5.41) is 0. The number of hydrogen-bond acceptors (Lipinski definition) is 8. The molecule has 0 rings (SSSR count). The number of phosphoric acid groups is 1. The number of rotatable bonds is 28. The standard InChI is InChI=1S/C29H54NO8P/c1-3-5-7-9-11-12-13-14-15-16-18-20-22-29(32)38-27(26-37-39(33,34)36-24-23-30)25-35-28(31)21-19-17-10-8-6-4-2/h11-12,27H,1-10,13-26,30H2,(H,33,34)/q-2/b12-11+/t27-/m1/s1. The van der Waals surface area contributed by atoms with Crippen molar-refractivity contribution < 1.29 is 37.6 Å². The molecule has 0 radical (unpaired) electrons. The van der Waals surface area contributed by atoms with Crippen LogP contribution in [0.2, 0.25) is 0 Å². The summed E-state index contributed by atoms with van der Waals surface area (Å²) in [4.78, 5) is 34.2. The van der Waals surface area contributed by atoms with Crippen LogP contribution in [0.15, 0.2) is 12.2 Å². The molecule has 9 nitrogen and oxygen atoms in total. The number of ether oxygens (including phenoxy) is 2. The van der Waals surface area contributed by atoms with Gasteiger partial charge in [0.05, 0.1) is 13.2 Å². The zero-order valence-electron chi connectivity index (χ0n) is 24.0. The average molecular weight is 576 g/mol. The summed E-state index contributed by atoms with van der Waals surface area (Å²) in [7, 11) is -4.36. The normalized spacial score (nSPS) is 13.8. The van der Waals surface area contributed by atoms with Gasteiger partial charge in [0, 0.05) is 19.4 Å². The van der Waals surface area contributed by atoms with E-state index < -0.39 is 32.5 Å². The number of phosphoric ester groups is 1. The van der Waals surface area contributed by atoms with Gasteiger partial charge in [-0.2, -0.15) is 12.8 Å². The summed E-state index contributed by atoms with van der Waals surface area (Å²) in [6, 6.07) is 0. The first-order chi connectivity index (χ1) is 18.8. The SMILES string of the molecule is [CH2-]CCCC/C=C/CCCCCCCC(=O)O[C@H](COC(=O)CCCCCCC[CH2-])COP(=O)(O)OCCN. The highest BCUT2D eigenvalue weighted by Gasteiger charge is 2.25. The predicted octanol–water partition coefficient (Wildman–Crippen LogP) is 6.78. The third-order valence-corrected chi connectivity index (χ3v) is 6.93. The molecule has 230 valence electrons.